The lowest BCUT2D eigenvalue weighted by molar-refractivity contribution is -0.139. The van der Waals surface area contributed by atoms with Crippen molar-refractivity contribution in [2.24, 2.45) is 5.10 Å². The molecule has 0 unspecified atom stereocenters. The predicted molar refractivity (Wildman–Crippen MR) is 93.6 cm³/mol. The number of rotatable bonds is 6. The molecule has 7 nitrogen and oxygen atoms in total. The van der Waals surface area contributed by atoms with Crippen molar-refractivity contribution in [1.29, 1.82) is 0 Å². The summed E-state index contributed by atoms with van der Waals surface area (Å²) < 4.78 is 10.1. The van der Waals surface area contributed by atoms with E-state index in [0.717, 1.165) is 22.6 Å². The highest BCUT2D eigenvalue weighted by molar-refractivity contribution is 6.35. The van der Waals surface area contributed by atoms with Crippen LogP contribution in [0.2, 0.25) is 0 Å². The molecule has 0 aromatic heterocycles. The first kappa shape index (κ1) is 18.0. The quantitative estimate of drug-likeness (QED) is 0.473. The number of hydrogen-bond acceptors (Lipinski definition) is 5. The molecule has 0 bridgehead atoms. The fourth-order valence-corrected chi connectivity index (χ4v) is 1.91. The van der Waals surface area contributed by atoms with Crippen LogP contribution in [0.4, 0.5) is 0 Å². The molecule has 7 heteroatoms. The lowest BCUT2D eigenvalue weighted by Gasteiger charge is -2.05. The fraction of sp³-hybridized carbons (Fsp3) is 0.167. The van der Waals surface area contributed by atoms with Crippen molar-refractivity contribution in [2.75, 3.05) is 14.2 Å². The second-order valence-electron chi connectivity index (χ2n) is 5.00. The summed E-state index contributed by atoms with van der Waals surface area (Å²) in [6, 6.07) is 14.3. The molecule has 2 rings (SSSR count). The molecule has 0 fully saturated rings. The first-order chi connectivity index (χ1) is 12.1. The van der Waals surface area contributed by atoms with Gasteiger partial charge in [-0.25, -0.2) is 5.43 Å². The van der Waals surface area contributed by atoms with E-state index in [9.17, 15) is 9.59 Å². The molecule has 0 atom stereocenters. The second-order valence-corrected chi connectivity index (χ2v) is 5.00. The summed E-state index contributed by atoms with van der Waals surface area (Å²) in [5, 5.41) is 6.27. The van der Waals surface area contributed by atoms with E-state index in [0.29, 0.717) is 0 Å². The Morgan fingerprint density at radius 2 is 1.48 bits per heavy atom. The third-order valence-corrected chi connectivity index (χ3v) is 3.31. The monoisotopic (exact) mass is 341 g/mol. The van der Waals surface area contributed by atoms with E-state index < -0.39 is 11.8 Å². The summed E-state index contributed by atoms with van der Waals surface area (Å²) in [5.41, 5.74) is 3.80. The molecular weight excluding hydrogens is 322 g/mol. The number of amides is 2. The number of hydrogen-bond donors (Lipinski definition) is 2. The largest absolute Gasteiger partial charge is 0.497 e. The number of nitrogens with one attached hydrogen (secondary N) is 2. The standard InChI is InChI=1S/C18H19N3O4/c1-24-15-7-3-13(4-8-15)11-19-17(22)18(23)21-20-12-14-5-9-16(25-2)10-6-14/h3-10,12H,11H2,1-2H3,(H,19,22)(H,21,23)/b20-12+. The third-order valence-electron chi connectivity index (χ3n) is 3.31. The maximum absolute atomic E-state index is 11.7. The van der Waals surface area contributed by atoms with Gasteiger partial charge in [0.25, 0.3) is 0 Å². The topological polar surface area (TPSA) is 89.0 Å². The second kappa shape index (κ2) is 9.07. The van der Waals surface area contributed by atoms with Crippen LogP contribution in [-0.2, 0) is 16.1 Å². The highest BCUT2D eigenvalue weighted by Gasteiger charge is 2.11. The Labute approximate surface area is 145 Å². The normalized spacial score (nSPS) is 10.3. The minimum Gasteiger partial charge on any atom is -0.497 e. The molecule has 130 valence electrons. The first-order valence-corrected chi connectivity index (χ1v) is 7.50. The van der Waals surface area contributed by atoms with Gasteiger partial charge in [-0.1, -0.05) is 12.1 Å². The third kappa shape index (κ3) is 5.65. The molecule has 0 saturated carbocycles. The van der Waals surface area contributed by atoms with Crippen molar-refractivity contribution in [2.45, 2.75) is 6.54 Å². The Kier molecular flexibility index (Phi) is 6.53. The van der Waals surface area contributed by atoms with Gasteiger partial charge >= 0.3 is 11.8 Å². The molecule has 0 aliphatic rings. The van der Waals surface area contributed by atoms with Gasteiger partial charge in [0.1, 0.15) is 11.5 Å². The average Bonchev–Trinajstić information content (AvgIpc) is 2.66. The van der Waals surface area contributed by atoms with Crippen molar-refractivity contribution in [3.05, 3.63) is 59.7 Å². The van der Waals surface area contributed by atoms with Gasteiger partial charge in [-0.3, -0.25) is 9.59 Å². The summed E-state index contributed by atoms with van der Waals surface area (Å²) in [6.07, 6.45) is 1.44. The molecule has 0 saturated heterocycles. The summed E-state index contributed by atoms with van der Waals surface area (Å²) >= 11 is 0. The van der Waals surface area contributed by atoms with Crippen molar-refractivity contribution in [3.8, 4) is 11.5 Å². The zero-order chi connectivity index (χ0) is 18.1. The van der Waals surface area contributed by atoms with Gasteiger partial charge in [0, 0.05) is 6.54 Å². The van der Waals surface area contributed by atoms with E-state index in [1.807, 2.05) is 0 Å². The van der Waals surface area contributed by atoms with E-state index in [2.05, 4.69) is 15.8 Å². The zero-order valence-electron chi connectivity index (χ0n) is 14.0. The Morgan fingerprint density at radius 1 is 0.920 bits per heavy atom. The van der Waals surface area contributed by atoms with Crippen molar-refractivity contribution in [3.63, 3.8) is 0 Å². The summed E-state index contributed by atoms with van der Waals surface area (Å²) in [6.45, 7) is 0.235. The van der Waals surface area contributed by atoms with Crippen LogP contribution in [0.15, 0.2) is 53.6 Å². The van der Waals surface area contributed by atoms with Gasteiger partial charge in [-0.2, -0.15) is 5.10 Å². The summed E-state index contributed by atoms with van der Waals surface area (Å²) in [4.78, 5) is 23.4. The fourth-order valence-electron chi connectivity index (χ4n) is 1.91. The molecule has 2 N–H and O–H groups in total. The van der Waals surface area contributed by atoms with Crippen LogP contribution in [0.1, 0.15) is 11.1 Å². The number of carbonyl (C=O) groups is 2. The van der Waals surface area contributed by atoms with Crippen LogP contribution in [0, 0.1) is 0 Å². The molecule has 0 heterocycles. The lowest BCUT2D eigenvalue weighted by Crippen LogP contribution is -2.37. The van der Waals surface area contributed by atoms with Crippen LogP contribution in [0.3, 0.4) is 0 Å². The minimum atomic E-state index is -0.835. The highest BCUT2D eigenvalue weighted by atomic mass is 16.5. The molecule has 0 spiro atoms. The SMILES string of the molecule is COc1ccc(/C=N/NC(=O)C(=O)NCc2ccc(OC)cc2)cc1. The minimum absolute atomic E-state index is 0.235. The predicted octanol–water partition coefficient (Wildman–Crippen LogP) is 1.47. The Balaban J connectivity index is 1.78. The summed E-state index contributed by atoms with van der Waals surface area (Å²) in [7, 11) is 3.15. The average molecular weight is 341 g/mol. The van der Waals surface area contributed by atoms with Crippen LogP contribution in [0.5, 0.6) is 11.5 Å². The molecule has 2 amide bonds. The van der Waals surface area contributed by atoms with Crippen LogP contribution >= 0.6 is 0 Å². The van der Waals surface area contributed by atoms with Crippen LogP contribution in [0.25, 0.3) is 0 Å². The van der Waals surface area contributed by atoms with Gasteiger partial charge in [0.15, 0.2) is 0 Å². The summed E-state index contributed by atoms with van der Waals surface area (Å²) in [5.74, 6) is -0.152. The number of carbonyl (C=O) groups excluding carboxylic acids is 2. The molecule has 0 radical (unpaired) electrons. The maximum Gasteiger partial charge on any atom is 0.329 e. The van der Waals surface area contributed by atoms with E-state index >= 15 is 0 Å². The van der Waals surface area contributed by atoms with Crippen LogP contribution in [-0.4, -0.2) is 32.2 Å². The van der Waals surface area contributed by atoms with Gasteiger partial charge in [0.05, 0.1) is 20.4 Å². The number of nitrogens with zero attached hydrogens (tertiary/aromatic N) is 1. The molecule has 25 heavy (non-hydrogen) atoms. The van der Waals surface area contributed by atoms with E-state index in [4.69, 9.17) is 9.47 Å². The van der Waals surface area contributed by atoms with Gasteiger partial charge in [0.2, 0.25) is 0 Å². The number of benzene rings is 2. The van der Waals surface area contributed by atoms with Crippen molar-refractivity contribution in [1.82, 2.24) is 10.7 Å². The van der Waals surface area contributed by atoms with Gasteiger partial charge < -0.3 is 14.8 Å². The highest BCUT2D eigenvalue weighted by Crippen LogP contribution is 2.11. The molecule has 0 aliphatic heterocycles. The molecular formula is C18H19N3O4. The van der Waals surface area contributed by atoms with Gasteiger partial charge in [-0.05, 0) is 47.5 Å². The zero-order valence-corrected chi connectivity index (χ0v) is 14.0. The number of methoxy groups -OCH3 is 2. The lowest BCUT2D eigenvalue weighted by atomic mass is 10.2. The Hall–Kier alpha value is -3.35. The van der Waals surface area contributed by atoms with Crippen LogP contribution < -0.4 is 20.2 Å². The van der Waals surface area contributed by atoms with E-state index in [1.54, 1.807) is 62.8 Å². The van der Waals surface area contributed by atoms with E-state index in [1.165, 1.54) is 6.21 Å². The Morgan fingerprint density at radius 3 is 2.04 bits per heavy atom. The smallest absolute Gasteiger partial charge is 0.329 e. The molecule has 0 aliphatic carbocycles. The van der Waals surface area contributed by atoms with Crippen molar-refractivity contribution < 1.29 is 19.1 Å². The van der Waals surface area contributed by atoms with E-state index in [-0.39, 0.29) is 6.54 Å². The first-order valence-electron chi connectivity index (χ1n) is 7.50. The number of hydrazone groups is 1. The maximum atomic E-state index is 11.7. The van der Waals surface area contributed by atoms with Crippen molar-refractivity contribution >= 4 is 18.0 Å². The molecule has 2 aromatic rings. The van der Waals surface area contributed by atoms with Gasteiger partial charge in [-0.15, -0.1) is 0 Å². The molecule has 2 aromatic carbocycles. The number of ether oxygens (including phenoxy) is 2. The Bertz CT molecular complexity index is 740.